The van der Waals surface area contributed by atoms with Gasteiger partial charge in [0.25, 0.3) is 0 Å². The Labute approximate surface area is 187 Å². The first-order valence-electron chi connectivity index (χ1n) is 10.1. The number of Topliss-reactive ketones (excluding diaryl/α,β-unsaturated/α-hetero) is 2. The number of halogens is 1. The number of fused-ring (bicyclic) bond motifs is 3. The van der Waals surface area contributed by atoms with Crippen molar-refractivity contribution in [2.24, 2.45) is 10.8 Å². The average molecular weight is 479 g/mol. The molecule has 2 aliphatic rings. The maximum atomic E-state index is 13.8. The summed E-state index contributed by atoms with van der Waals surface area (Å²) in [4.78, 5) is 40.8. The SMILES string of the molecule is CCc1ccc(C(=O)[C@]2(C)[C@@H]3c4cc(Br)ccc4OC(=O)[C@]32C(=O)c2ccco2)cc1. The van der Waals surface area contributed by atoms with Crippen molar-refractivity contribution in [3.63, 3.8) is 0 Å². The summed E-state index contributed by atoms with van der Waals surface area (Å²) in [5, 5.41) is 0. The lowest BCUT2D eigenvalue weighted by molar-refractivity contribution is -0.140. The molecule has 31 heavy (non-hydrogen) atoms. The largest absolute Gasteiger partial charge is 0.461 e. The molecular formula is C25H19BrO5. The molecule has 0 bridgehead atoms. The van der Waals surface area contributed by atoms with Crippen LogP contribution in [0.5, 0.6) is 5.75 Å². The lowest BCUT2D eigenvalue weighted by atomic mass is 9.83. The Balaban J connectivity index is 1.70. The molecule has 5 nitrogen and oxygen atoms in total. The van der Waals surface area contributed by atoms with Crippen LogP contribution in [0.4, 0.5) is 0 Å². The van der Waals surface area contributed by atoms with Gasteiger partial charge >= 0.3 is 5.97 Å². The highest BCUT2D eigenvalue weighted by atomic mass is 79.9. The minimum absolute atomic E-state index is 0.0400. The number of esters is 1. The smallest absolute Gasteiger partial charge is 0.327 e. The Morgan fingerprint density at radius 2 is 1.81 bits per heavy atom. The molecule has 0 saturated heterocycles. The molecule has 1 fully saturated rings. The van der Waals surface area contributed by atoms with Gasteiger partial charge in [0.15, 0.2) is 17.0 Å². The molecule has 0 N–H and O–H groups in total. The Morgan fingerprint density at radius 1 is 1.06 bits per heavy atom. The lowest BCUT2D eigenvalue weighted by Gasteiger charge is -2.22. The molecule has 1 aliphatic carbocycles. The quantitative estimate of drug-likeness (QED) is 0.213. The summed E-state index contributed by atoms with van der Waals surface area (Å²) in [5.41, 5.74) is -0.739. The fraction of sp³-hybridized carbons (Fsp3) is 0.240. The van der Waals surface area contributed by atoms with E-state index in [1.165, 1.54) is 12.3 Å². The minimum Gasteiger partial charge on any atom is -0.461 e. The van der Waals surface area contributed by atoms with E-state index in [0.29, 0.717) is 16.9 Å². The number of hydrogen-bond acceptors (Lipinski definition) is 5. The van der Waals surface area contributed by atoms with E-state index in [0.717, 1.165) is 16.5 Å². The summed E-state index contributed by atoms with van der Waals surface area (Å²) in [6, 6.07) is 15.7. The first kappa shape index (κ1) is 19.9. The van der Waals surface area contributed by atoms with Crippen LogP contribution in [0.1, 0.15) is 51.8 Å². The van der Waals surface area contributed by atoms with E-state index in [9.17, 15) is 14.4 Å². The molecule has 1 saturated carbocycles. The third-order valence-corrected chi connectivity index (χ3v) is 7.25. The molecular weight excluding hydrogens is 460 g/mol. The normalized spacial score (nSPS) is 25.9. The molecule has 2 aromatic carbocycles. The molecule has 0 amide bonds. The second-order valence-electron chi connectivity index (χ2n) is 8.20. The van der Waals surface area contributed by atoms with Crippen molar-refractivity contribution < 1.29 is 23.5 Å². The zero-order valence-corrected chi connectivity index (χ0v) is 18.6. The highest BCUT2D eigenvalue weighted by molar-refractivity contribution is 9.10. The average Bonchev–Trinajstić information content (AvgIpc) is 3.09. The van der Waals surface area contributed by atoms with Crippen molar-refractivity contribution in [3.8, 4) is 5.75 Å². The zero-order valence-electron chi connectivity index (χ0n) is 17.0. The predicted octanol–water partition coefficient (Wildman–Crippen LogP) is 5.38. The number of carbonyl (C=O) groups is 3. The minimum atomic E-state index is -1.67. The van der Waals surface area contributed by atoms with Crippen LogP contribution in [0.3, 0.4) is 0 Å². The van der Waals surface area contributed by atoms with Crippen LogP contribution in [-0.2, 0) is 11.2 Å². The lowest BCUT2D eigenvalue weighted by Crippen LogP contribution is -2.39. The van der Waals surface area contributed by atoms with Crippen LogP contribution < -0.4 is 4.74 Å². The zero-order chi connectivity index (χ0) is 22.0. The molecule has 3 atom stereocenters. The van der Waals surface area contributed by atoms with Crippen molar-refractivity contribution >= 4 is 33.5 Å². The Morgan fingerprint density at radius 3 is 2.45 bits per heavy atom. The van der Waals surface area contributed by atoms with Crippen molar-refractivity contribution in [1.82, 2.24) is 0 Å². The van der Waals surface area contributed by atoms with Crippen molar-refractivity contribution in [1.29, 1.82) is 0 Å². The van der Waals surface area contributed by atoms with Gasteiger partial charge in [-0.1, -0.05) is 54.0 Å². The van der Waals surface area contributed by atoms with Gasteiger partial charge in [0.1, 0.15) is 5.75 Å². The standard InChI is InChI=1S/C25H19BrO5/c1-3-14-6-8-15(9-7-14)21(27)24(2)20-17-13-16(26)10-11-18(17)31-23(29)25(20,24)22(28)19-5-4-12-30-19/h4-13,20H,3H2,1-2H3/t20-,24-,25+/m0/s1. The number of furan rings is 1. The van der Waals surface area contributed by atoms with Gasteiger partial charge in [-0.05, 0) is 42.3 Å². The maximum absolute atomic E-state index is 13.8. The molecule has 156 valence electrons. The van der Waals surface area contributed by atoms with E-state index in [1.54, 1.807) is 37.3 Å². The van der Waals surface area contributed by atoms with Gasteiger partial charge in [0, 0.05) is 21.5 Å². The van der Waals surface area contributed by atoms with Crippen molar-refractivity contribution in [2.45, 2.75) is 26.2 Å². The van der Waals surface area contributed by atoms with Gasteiger partial charge in [0.05, 0.1) is 11.7 Å². The van der Waals surface area contributed by atoms with Crippen molar-refractivity contribution in [3.05, 3.63) is 87.8 Å². The van der Waals surface area contributed by atoms with Gasteiger partial charge in [-0.15, -0.1) is 0 Å². The van der Waals surface area contributed by atoms with E-state index in [4.69, 9.17) is 9.15 Å². The first-order valence-corrected chi connectivity index (χ1v) is 10.9. The Hall–Kier alpha value is -2.99. The van der Waals surface area contributed by atoms with Crippen LogP contribution in [-0.4, -0.2) is 17.5 Å². The molecule has 0 spiro atoms. The molecule has 3 aromatic rings. The number of aryl methyl sites for hydroxylation is 1. The second-order valence-corrected chi connectivity index (χ2v) is 9.12. The fourth-order valence-corrected chi connectivity index (χ4v) is 5.45. The highest BCUT2D eigenvalue weighted by Gasteiger charge is 2.88. The maximum Gasteiger partial charge on any atom is 0.327 e. The van der Waals surface area contributed by atoms with Crippen LogP contribution >= 0.6 is 15.9 Å². The van der Waals surface area contributed by atoms with Crippen LogP contribution in [0.25, 0.3) is 0 Å². The summed E-state index contributed by atoms with van der Waals surface area (Å²) < 4.78 is 11.7. The molecule has 1 aromatic heterocycles. The Bertz CT molecular complexity index is 1230. The first-order chi connectivity index (χ1) is 14.9. The topological polar surface area (TPSA) is 73.6 Å². The number of ether oxygens (including phenoxy) is 1. The molecule has 6 heteroatoms. The molecule has 5 rings (SSSR count). The van der Waals surface area contributed by atoms with Crippen LogP contribution in [0.15, 0.2) is 69.8 Å². The number of hydrogen-bond donors (Lipinski definition) is 0. The summed E-state index contributed by atoms with van der Waals surface area (Å²) in [7, 11) is 0. The van der Waals surface area contributed by atoms with E-state index in [-0.39, 0.29) is 11.5 Å². The summed E-state index contributed by atoms with van der Waals surface area (Å²) in [6.45, 7) is 3.72. The monoisotopic (exact) mass is 478 g/mol. The van der Waals surface area contributed by atoms with Gasteiger partial charge in [-0.3, -0.25) is 14.4 Å². The van der Waals surface area contributed by atoms with E-state index < -0.39 is 28.5 Å². The fourth-order valence-electron chi connectivity index (χ4n) is 5.07. The predicted molar refractivity (Wildman–Crippen MR) is 116 cm³/mol. The number of rotatable bonds is 5. The molecule has 2 heterocycles. The van der Waals surface area contributed by atoms with Crippen LogP contribution in [0, 0.1) is 10.8 Å². The molecule has 0 unspecified atom stereocenters. The number of benzene rings is 2. The van der Waals surface area contributed by atoms with Gasteiger partial charge in [-0.25, -0.2) is 0 Å². The van der Waals surface area contributed by atoms with Crippen molar-refractivity contribution in [2.75, 3.05) is 0 Å². The van der Waals surface area contributed by atoms with E-state index in [2.05, 4.69) is 15.9 Å². The Kier molecular flexibility index (Phi) is 4.35. The van der Waals surface area contributed by atoms with Gasteiger partial charge < -0.3 is 9.15 Å². The number of carbonyl (C=O) groups excluding carboxylic acids is 3. The third kappa shape index (κ3) is 2.51. The van der Waals surface area contributed by atoms with Gasteiger partial charge in [-0.2, -0.15) is 0 Å². The van der Waals surface area contributed by atoms with E-state index >= 15 is 0 Å². The highest BCUT2D eigenvalue weighted by Crippen LogP contribution is 2.79. The molecule has 0 radical (unpaired) electrons. The molecule has 1 aliphatic heterocycles. The number of ketones is 2. The van der Waals surface area contributed by atoms with E-state index in [1.807, 2.05) is 25.1 Å². The summed E-state index contributed by atoms with van der Waals surface area (Å²) in [5.74, 6) is -1.74. The van der Waals surface area contributed by atoms with Gasteiger partial charge in [0.2, 0.25) is 5.78 Å². The van der Waals surface area contributed by atoms with Crippen LogP contribution in [0.2, 0.25) is 0 Å². The third-order valence-electron chi connectivity index (χ3n) is 6.75. The second kappa shape index (κ2) is 6.76. The summed E-state index contributed by atoms with van der Waals surface area (Å²) >= 11 is 3.45. The summed E-state index contributed by atoms with van der Waals surface area (Å²) in [6.07, 6.45) is 2.23.